The zero-order valence-electron chi connectivity index (χ0n) is 18.8. The largest absolute Gasteiger partial charge is 0.507 e. The first kappa shape index (κ1) is 23.4. The molecule has 0 fully saturated rings. The molecule has 8 heteroatoms. The number of nitrogens with zero attached hydrogens (tertiary/aromatic N) is 2. The molecule has 4 rings (SSSR count). The Labute approximate surface area is 201 Å². The van der Waals surface area contributed by atoms with Gasteiger partial charge < -0.3 is 10.2 Å². The molecule has 0 aliphatic carbocycles. The van der Waals surface area contributed by atoms with Crippen molar-refractivity contribution in [3.63, 3.8) is 0 Å². The summed E-state index contributed by atoms with van der Waals surface area (Å²) in [6.07, 6.45) is 3.27. The summed E-state index contributed by atoms with van der Waals surface area (Å²) in [6.45, 7) is 0. The van der Waals surface area contributed by atoms with Crippen LogP contribution < -0.4 is 10.9 Å². The van der Waals surface area contributed by atoms with Crippen LogP contribution in [-0.2, 0) is 9.59 Å². The van der Waals surface area contributed by atoms with Crippen molar-refractivity contribution in [3.05, 3.63) is 83.9 Å². The number of aromatic hydroxyl groups is 2. The summed E-state index contributed by atoms with van der Waals surface area (Å²) in [6, 6.07) is 22.0. The minimum atomic E-state index is -0.348. The van der Waals surface area contributed by atoms with E-state index < -0.39 is 0 Å². The maximum absolute atomic E-state index is 12.0. The Morgan fingerprint density at radius 1 is 0.657 bits per heavy atom. The molecule has 0 radical (unpaired) electrons. The predicted molar refractivity (Wildman–Crippen MR) is 137 cm³/mol. The lowest BCUT2D eigenvalue weighted by Crippen LogP contribution is -2.20. The van der Waals surface area contributed by atoms with E-state index in [1.165, 1.54) is 12.4 Å². The second-order valence-corrected chi connectivity index (χ2v) is 7.89. The van der Waals surface area contributed by atoms with Crippen molar-refractivity contribution in [2.24, 2.45) is 10.2 Å². The summed E-state index contributed by atoms with van der Waals surface area (Å²) < 4.78 is 0. The molecular weight excluding hydrogens is 444 g/mol. The number of hydrogen-bond acceptors (Lipinski definition) is 6. The van der Waals surface area contributed by atoms with Crippen LogP contribution in [0.3, 0.4) is 0 Å². The van der Waals surface area contributed by atoms with Gasteiger partial charge in [0.1, 0.15) is 11.5 Å². The summed E-state index contributed by atoms with van der Waals surface area (Å²) in [5.41, 5.74) is 5.76. The van der Waals surface area contributed by atoms with Crippen LogP contribution in [-0.4, -0.2) is 34.5 Å². The van der Waals surface area contributed by atoms with Crippen molar-refractivity contribution in [2.75, 3.05) is 0 Å². The Balaban J connectivity index is 1.21. The highest BCUT2D eigenvalue weighted by Gasteiger charge is 2.07. The number of rotatable bonds is 8. The van der Waals surface area contributed by atoms with Crippen LogP contribution >= 0.6 is 0 Å². The summed E-state index contributed by atoms with van der Waals surface area (Å²) in [4.78, 5) is 24.0. The van der Waals surface area contributed by atoms with Gasteiger partial charge in [-0.3, -0.25) is 9.59 Å². The van der Waals surface area contributed by atoms with E-state index in [-0.39, 0.29) is 36.2 Å². The minimum absolute atomic E-state index is 0.0929. The molecule has 0 heterocycles. The third-order valence-electron chi connectivity index (χ3n) is 5.46. The normalized spacial score (nSPS) is 11.4. The molecule has 0 aromatic heterocycles. The average Bonchev–Trinajstić information content (AvgIpc) is 2.87. The lowest BCUT2D eigenvalue weighted by Gasteiger charge is -2.04. The zero-order chi connectivity index (χ0) is 24.6. The molecule has 0 saturated carbocycles. The number of phenols is 2. The summed E-state index contributed by atoms with van der Waals surface area (Å²) in [5, 5.41) is 31.7. The van der Waals surface area contributed by atoms with Crippen LogP contribution in [0.4, 0.5) is 0 Å². The van der Waals surface area contributed by atoms with Gasteiger partial charge in [-0.2, -0.15) is 10.2 Å². The second kappa shape index (κ2) is 10.9. The van der Waals surface area contributed by atoms with E-state index in [4.69, 9.17) is 0 Å². The highest BCUT2D eigenvalue weighted by atomic mass is 16.3. The van der Waals surface area contributed by atoms with E-state index in [9.17, 15) is 19.8 Å². The van der Waals surface area contributed by atoms with E-state index >= 15 is 0 Å². The quantitative estimate of drug-likeness (QED) is 0.229. The Bertz CT molecular complexity index is 1340. The van der Waals surface area contributed by atoms with Gasteiger partial charge in [0.2, 0.25) is 11.8 Å². The van der Waals surface area contributed by atoms with E-state index in [0.29, 0.717) is 28.3 Å². The van der Waals surface area contributed by atoms with Crippen LogP contribution in [0.25, 0.3) is 21.5 Å². The minimum Gasteiger partial charge on any atom is -0.507 e. The van der Waals surface area contributed by atoms with E-state index in [1.54, 1.807) is 24.3 Å². The number of hydrogen-bond donors (Lipinski definition) is 4. The predicted octanol–water partition coefficient (Wildman–Crippen LogP) is 4.17. The number of fused-ring (bicyclic) bond motifs is 2. The highest BCUT2D eigenvalue weighted by Crippen LogP contribution is 2.28. The number of carbonyl (C=O) groups is 2. The Kier molecular flexibility index (Phi) is 7.32. The molecule has 8 nitrogen and oxygen atoms in total. The number of nitrogens with one attached hydrogen (secondary N) is 2. The topological polar surface area (TPSA) is 123 Å². The maximum Gasteiger partial charge on any atom is 0.240 e. The molecule has 0 unspecified atom stereocenters. The van der Waals surface area contributed by atoms with Gasteiger partial charge in [0.25, 0.3) is 0 Å². The van der Waals surface area contributed by atoms with Crippen molar-refractivity contribution >= 4 is 45.8 Å². The molecule has 2 amide bonds. The third kappa shape index (κ3) is 5.80. The Morgan fingerprint density at radius 3 is 1.54 bits per heavy atom. The van der Waals surface area contributed by atoms with Gasteiger partial charge in [-0.1, -0.05) is 60.7 Å². The number of phenolic OH excluding ortho intramolecular Hbond substituents is 2. The second-order valence-electron chi connectivity index (χ2n) is 7.89. The van der Waals surface area contributed by atoms with Gasteiger partial charge in [0, 0.05) is 34.7 Å². The number of carbonyl (C=O) groups excluding carboxylic acids is 2. The first-order valence-corrected chi connectivity index (χ1v) is 11.1. The van der Waals surface area contributed by atoms with Crippen molar-refractivity contribution in [1.29, 1.82) is 0 Å². The standard InChI is InChI=1S/C27H24N4O4/c32-24(30-28-16-20-14-12-18-6-1-3-8-22(18)26(20)34)10-5-11-25(33)31-29-17-21-15-13-19-7-2-4-9-23(19)27(21)35/h1-4,6-9,12-17,34-35H,5,10-11H2,(H,30,32)(H,31,33). The first-order valence-electron chi connectivity index (χ1n) is 11.1. The smallest absolute Gasteiger partial charge is 0.240 e. The average molecular weight is 469 g/mol. The third-order valence-corrected chi connectivity index (χ3v) is 5.46. The molecule has 176 valence electrons. The van der Waals surface area contributed by atoms with Crippen LogP contribution in [0.15, 0.2) is 83.0 Å². The molecule has 0 bridgehead atoms. The van der Waals surface area contributed by atoms with Crippen molar-refractivity contribution in [1.82, 2.24) is 10.9 Å². The van der Waals surface area contributed by atoms with Crippen LogP contribution in [0.5, 0.6) is 11.5 Å². The van der Waals surface area contributed by atoms with Gasteiger partial charge >= 0.3 is 0 Å². The molecule has 0 spiro atoms. The van der Waals surface area contributed by atoms with Crippen LogP contribution in [0.1, 0.15) is 30.4 Å². The van der Waals surface area contributed by atoms with Crippen LogP contribution in [0, 0.1) is 0 Å². The summed E-state index contributed by atoms with van der Waals surface area (Å²) in [5.74, 6) is -0.511. The number of hydrazone groups is 2. The van der Waals surface area contributed by atoms with E-state index in [2.05, 4.69) is 21.1 Å². The fourth-order valence-corrected chi connectivity index (χ4v) is 3.62. The first-order chi connectivity index (χ1) is 17.0. The van der Waals surface area contributed by atoms with Crippen molar-refractivity contribution in [2.45, 2.75) is 19.3 Å². The molecule has 4 aromatic rings. The van der Waals surface area contributed by atoms with E-state index in [0.717, 1.165) is 10.8 Å². The van der Waals surface area contributed by atoms with E-state index in [1.807, 2.05) is 48.5 Å². The molecule has 0 atom stereocenters. The Hall–Kier alpha value is -4.72. The Morgan fingerprint density at radius 2 is 1.09 bits per heavy atom. The number of amides is 2. The number of benzene rings is 4. The molecule has 0 saturated heterocycles. The zero-order valence-corrected chi connectivity index (χ0v) is 18.8. The molecule has 35 heavy (non-hydrogen) atoms. The lowest BCUT2D eigenvalue weighted by atomic mass is 10.1. The fraction of sp³-hybridized carbons (Fsp3) is 0.111. The fourth-order valence-electron chi connectivity index (χ4n) is 3.62. The van der Waals surface area contributed by atoms with Gasteiger partial charge in [0.15, 0.2) is 0 Å². The molecule has 0 aliphatic rings. The van der Waals surface area contributed by atoms with Crippen LogP contribution in [0.2, 0.25) is 0 Å². The van der Waals surface area contributed by atoms with Gasteiger partial charge in [-0.25, -0.2) is 10.9 Å². The lowest BCUT2D eigenvalue weighted by molar-refractivity contribution is -0.122. The molecule has 4 N–H and O–H groups in total. The van der Waals surface area contributed by atoms with Gasteiger partial charge in [-0.15, -0.1) is 0 Å². The van der Waals surface area contributed by atoms with Crippen molar-refractivity contribution in [3.8, 4) is 11.5 Å². The highest BCUT2D eigenvalue weighted by molar-refractivity contribution is 5.98. The van der Waals surface area contributed by atoms with Gasteiger partial charge in [-0.05, 0) is 29.3 Å². The molecule has 0 aliphatic heterocycles. The molecular formula is C27H24N4O4. The summed E-state index contributed by atoms with van der Waals surface area (Å²) in [7, 11) is 0. The monoisotopic (exact) mass is 468 g/mol. The maximum atomic E-state index is 12.0. The summed E-state index contributed by atoms with van der Waals surface area (Å²) >= 11 is 0. The van der Waals surface area contributed by atoms with Gasteiger partial charge in [0.05, 0.1) is 12.4 Å². The van der Waals surface area contributed by atoms with Crippen molar-refractivity contribution < 1.29 is 19.8 Å². The SMILES string of the molecule is O=C(CCCC(=O)NN=Cc1ccc2ccccc2c1O)NN=Cc1ccc2ccccc2c1O. The molecule has 4 aromatic carbocycles.